The van der Waals surface area contributed by atoms with Gasteiger partial charge in [-0.15, -0.1) is 0 Å². The number of halogens is 3. The number of benzene rings is 2. The van der Waals surface area contributed by atoms with Gasteiger partial charge in [0.25, 0.3) is 0 Å². The van der Waals surface area contributed by atoms with Crippen LogP contribution in [0.15, 0.2) is 36.4 Å². The van der Waals surface area contributed by atoms with Gasteiger partial charge in [0.15, 0.2) is 0 Å². The minimum atomic E-state index is -0.620. The number of carbonyl (C=O) groups is 1. The van der Waals surface area contributed by atoms with E-state index >= 15 is 0 Å². The first kappa shape index (κ1) is 15.0. The fourth-order valence-electron chi connectivity index (χ4n) is 1.50. The molecule has 0 saturated carbocycles. The number of hydrogen-bond donors (Lipinski definition) is 1. The Morgan fingerprint density at radius 2 is 1.70 bits per heavy atom. The molecule has 0 heterocycles. The minimum Gasteiger partial charge on any atom is -0.410 e. The summed E-state index contributed by atoms with van der Waals surface area (Å²) in [6.45, 7) is 1.83. The predicted molar refractivity (Wildman–Crippen MR) is 82.3 cm³/mol. The Hall–Kier alpha value is -1.42. The van der Waals surface area contributed by atoms with Gasteiger partial charge in [-0.3, -0.25) is 5.32 Å². The Morgan fingerprint density at radius 1 is 1.00 bits per heavy atom. The number of anilines is 1. The number of aryl methyl sites for hydroxylation is 1. The Kier molecular flexibility index (Phi) is 4.76. The summed E-state index contributed by atoms with van der Waals surface area (Å²) in [5.74, 6) is 0.407. The second-order valence-electron chi connectivity index (χ2n) is 4.05. The van der Waals surface area contributed by atoms with Gasteiger partial charge in [0.1, 0.15) is 5.75 Å². The topological polar surface area (TPSA) is 38.3 Å². The van der Waals surface area contributed by atoms with Crippen molar-refractivity contribution in [2.24, 2.45) is 0 Å². The summed E-state index contributed by atoms with van der Waals surface area (Å²) in [5, 5.41) is 3.94. The van der Waals surface area contributed by atoms with Crippen molar-refractivity contribution >= 4 is 46.6 Å². The van der Waals surface area contributed by atoms with Gasteiger partial charge in [-0.2, -0.15) is 0 Å². The van der Waals surface area contributed by atoms with Crippen LogP contribution < -0.4 is 10.1 Å². The molecule has 104 valence electrons. The van der Waals surface area contributed by atoms with Crippen molar-refractivity contribution in [3.63, 3.8) is 0 Å². The van der Waals surface area contributed by atoms with E-state index in [9.17, 15) is 4.79 Å². The summed E-state index contributed by atoms with van der Waals surface area (Å²) >= 11 is 17.5. The molecule has 0 atom stereocenters. The van der Waals surface area contributed by atoms with Crippen molar-refractivity contribution < 1.29 is 9.53 Å². The number of rotatable bonds is 2. The van der Waals surface area contributed by atoms with E-state index in [0.29, 0.717) is 26.5 Å². The van der Waals surface area contributed by atoms with Gasteiger partial charge in [-0.1, -0.05) is 34.8 Å². The van der Waals surface area contributed by atoms with Crippen molar-refractivity contribution in [3.05, 3.63) is 57.0 Å². The Balaban J connectivity index is 2.04. The lowest BCUT2D eigenvalue weighted by Gasteiger charge is -2.08. The molecule has 3 nitrogen and oxygen atoms in total. The van der Waals surface area contributed by atoms with E-state index in [1.54, 1.807) is 30.3 Å². The van der Waals surface area contributed by atoms with Crippen molar-refractivity contribution in [2.75, 3.05) is 5.32 Å². The highest BCUT2D eigenvalue weighted by atomic mass is 35.5. The number of nitrogens with one attached hydrogen (secondary N) is 1. The molecule has 0 bridgehead atoms. The third kappa shape index (κ3) is 3.79. The van der Waals surface area contributed by atoms with Crippen molar-refractivity contribution in [3.8, 4) is 5.75 Å². The summed E-state index contributed by atoms with van der Waals surface area (Å²) in [6.07, 6.45) is -0.620. The fourth-order valence-corrected chi connectivity index (χ4v) is 1.92. The van der Waals surface area contributed by atoms with Gasteiger partial charge >= 0.3 is 6.09 Å². The zero-order valence-electron chi connectivity index (χ0n) is 10.4. The van der Waals surface area contributed by atoms with Crippen LogP contribution in [0.5, 0.6) is 5.75 Å². The number of ether oxygens (including phenoxy) is 1. The molecule has 0 saturated heterocycles. The van der Waals surface area contributed by atoms with Gasteiger partial charge in [-0.05, 0) is 48.9 Å². The van der Waals surface area contributed by atoms with Crippen molar-refractivity contribution in [1.29, 1.82) is 0 Å². The molecule has 0 aliphatic heterocycles. The molecule has 0 unspecified atom stereocenters. The van der Waals surface area contributed by atoms with E-state index in [1.807, 2.05) is 6.92 Å². The van der Waals surface area contributed by atoms with Crippen molar-refractivity contribution in [1.82, 2.24) is 0 Å². The molecule has 1 N–H and O–H groups in total. The summed E-state index contributed by atoms with van der Waals surface area (Å²) in [7, 11) is 0. The maximum atomic E-state index is 11.7. The normalized spacial score (nSPS) is 10.2. The molecule has 6 heteroatoms. The molecular formula is C14H10Cl3NO2. The maximum absolute atomic E-state index is 11.7. The van der Waals surface area contributed by atoms with Crippen LogP contribution in [-0.2, 0) is 0 Å². The lowest BCUT2D eigenvalue weighted by molar-refractivity contribution is 0.215. The molecule has 2 rings (SSSR count). The van der Waals surface area contributed by atoms with E-state index in [1.165, 1.54) is 6.07 Å². The van der Waals surface area contributed by atoms with Gasteiger partial charge in [0.05, 0.1) is 10.0 Å². The second-order valence-corrected chi connectivity index (χ2v) is 5.28. The second kappa shape index (κ2) is 6.35. The molecule has 0 aliphatic rings. The van der Waals surface area contributed by atoms with Crippen LogP contribution in [-0.4, -0.2) is 6.09 Å². The summed E-state index contributed by atoms with van der Waals surface area (Å²) in [5.41, 5.74) is 1.32. The standard InChI is InChI=1S/C14H10Cl3NO2/c1-8-6-10(3-5-11(8)15)20-14(19)18-9-2-4-12(16)13(17)7-9/h2-7H,1H3,(H,18,19). The van der Waals surface area contributed by atoms with E-state index in [4.69, 9.17) is 39.5 Å². The quantitative estimate of drug-likeness (QED) is 0.782. The molecular weight excluding hydrogens is 321 g/mol. The lowest BCUT2D eigenvalue weighted by atomic mass is 10.2. The highest BCUT2D eigenvalue weighted by Gasteiger charge is 2.07. The smallest absolute Gasteiger partial charge is 0.410 e. The van der Waals surface area contributed by atoms with Crippen molar-refractivity contribution in [2.45, 2.75) is 6.92 Å². The first-order chi connectivity index (χ1) is 9.45. The van der Waals surface area contributed by atoms with E-state index in [-0.39, 0.29) is 0 Å². The first-order valence-electron chi connectivity index (χ1n) is 5.66. The highest BCUT2D eigenvalue weighted by molar-refractivity contribution is 6.42. The number of hydrogen-bond acceptors (Lipinski definition) is 2. The number of amides is 1. The predicted octanol–water partition coefficient (Wildman–Crippen LogP) is 5.57. The molecule has 0 spiro atoms. The molecule has 1 amide bonds. The number of carbonyl (C=O) groups excluding carboxylic acids is 1. The van der Waals surface area contributed by atoms with Gasteiger partial charge in [-0.25, -0.2) is 4.79 Å². The molecule has 0 fully saturated rings. The lowest BCUT2D eigenvalue weighted by Crippen LogP contribution is -2.16. The Labute approximate surface area is 131 Å². The average molecular weight is 331 g/mol. The van der Waals surface area contributed by atoms with Crippen LogP contribution in [0.4, 0.5) is 10.5 Å². The first-order valence-corrected chi connectivity index (χ1v) is 6.79. The van der Waals surface area contributed by atoms with Crippen LogP contribution in [0.25, 0.3) is 0 Å². The summed E-state index contributed by atoms with van der Waals surface area (Å²) < 4.78 is 5.14. The van der Waals surface area contributed by atoms with Crippen LogP contribution in [0.2, 0.25) is 15.1 Å². The van der Waals surface area contributed by atoms with Gasteiger partial charge in [0.2, 0.25) is 0 Å². The molecule has 0 radical (unpaired) electrons. The van der Waals surface area contributed by atoms with Gasteiger partial charge in [0, 0.05) is 10.7 Å². The Morgan fingerprint density at radius 3 is 2.35 bits per heavy atom. The molecule has 0 aliphatic carbocycles. The molecule has 0 aromatic heterocycles. The summed E-state index contributed by atoms with van der Waals surface area (Å²) in [6, 6.07) is 9.71. The zero-order chi connectivity index (χ0) is 14.7. The highest BCUT2D eigenvalue weighted by Crippen LogP contribution is 2.25. The SMILES string of the molecule is Cc1cc(OC(=O)Nc2ccc(Cl)c(Cl)c2)ccc1Cl. The largest absolute Gasteiger partial charge is 0.417 e. The molecule has 2 aromatic carbocycles. The fraction of sp³-hybridized carbons (Fsp3) is 0.0714. The minimum absolute atomic E-state index is 0.354. The maximum Gasteiger partial charge on any atom is 0.417 e. The monoisotopic (exact) mass is 329 g/mol. The molecule has 20 heavy (non-hydrogen) atoms. The van der Waals surface area contributed by atoms with Crippen LogP contribution >= 0.6 is 34.8 Å². The Bertz CT molecular complexity index is 603. The molecule has 2 aromatic rings. The van der Waals surface area contributed by atoms with E-state index in [2.05, 4.69) is 5.32 Å². The third-order valence-corrected chi connectivity index (χ3v) is 3.67. The third-order valence-electron chi connectivity index (χ3n) is 2.51. The zero-order valence-corrected chi connectivity index (χ0v) is 12.7. The van der Waals surface area contributed by atoms with Crippen LogP contribution in [0.3, 0.4) is 0 Å². The van der Waals surface area contributed by atoms with E-state index < -0.39 is 6.09 Å². The van der Waals surface area contributed by atoms with Gasteiger partial charge < -0.3 is 4.74 Å². The summed E-state index contributed by atoms with van der Waals surface area (Å²) in [4.78, 5) is 11.7. The van der Waals surface area contributed by atoms with E-state index in [0.717, 1.165) is 5.56 Å². The van der Waals surface area contributed by atoms with Crippen LogP contribution in [0.1, 0.15) is 5.56 Å². The van der Waals surface area contributed by atoms with Crippen LogP contribution in [0, 0.1) is 6.92 Å². The average Bonchev–Trinajstić information content (AvgIpc) is 2.38.